The highest BCUT2D eigenvalue weighted by Crippen LogP contribution is 2.43. The Hall–Kier alpha value is -4.12. The number of hydrogen-bond acceptors (Lipinski definition) is 10. The molecule has 0 unspecified atom stereocenters. The Morgan fingerprint density at radius 2 is 1.97 bits per heavy atom. The summed E-state index contributed by atoms with van der Waals surface area (Å²) in [5, 5.41) is 10.5. The topological polar surface area (TPSA) is 151 Å². The second-order valence-corrected chi connectivity index (χ2v) is 6.85. The van der Waals surface area contributed by atoms with Gasteiger partial charge in [0.2, 0.25) is 0 Å². The summed E-state index contributed by atoms with van der Waals surface area (Å²) in [4.78, 5) is 21.2. The molecule has 0 atom stereocenters. The van der Waals surface area contributed by atoms with Gasteiger partial charge in [-0.25, -0.2) is 9.97 Å². The summed E-state index contributed by atoms with van der Waals surface area (Å²) in [7, 11) is 0. The highest BCUT2D eigenvalue weighted by molar-refractivity contribution is 6.31. The van der Waals surface area contributed by atoms with E-state index in [1.807, 2.05) is 0 Å². The van der Waals surface area contributed by atoms with E-state index in [4.69, 9.17) is 35.9 Å². The number of halogens is 1. The molecule has 156 valence electrons. The maximum absolute atomic E-state index is 12.7. The number of nitrogen functional groups attached to an aromatic ring is 1. The minimum atomic E-state index is -0.518. The average molecular weight is 441 g/mol. The third-order valence-corrected chi connectivity index (χ3v) is 4.64. The zero-order chi connectivity index (χ0) is 21.4. The van der Waals surface area contributed by atoms with E-state index in [0.29, 0.717) is 46.6 Å². The Balaban J connectivity index is 1.43. The fourth-order valence-corrected chi connectivity index (χ4v) is 3.29. The van der Waals surface area contributed by atoms with E-state index in [2.05, 4.69) is 25.6 Å². The molecule has 0 bridgehead atoms. The second-order valence-electron chi connectivity index (χ2n) is 6.41. The van der Waals surface area contributed by atoms with Gasteiger partial charge in [0.15, 0.2) is 23.1 Å². The third-order valence-electron chi connectivity index (χ3n) is 4.42. The van der Waals surface area contributed by atoms with Crippen molar-refractivity contribution in [2.75, 3.05) is 24.3 Å². The van der Waals surface area contributed by atoms with Crippen molar-refractivity contribution in [1.82, 2.24) is 20.3 Å². The smallest absolute Gasteiger partial charge is 0.262 e. The fourth-order valence-electron chi connectivity index (χ4n) is 3.08. The Bertz CT molecular complexity index is 1270. The van der Waals surface area contributed by atoms with Crippen LogP contribution in [0.2, 0.25) is 5.02 Å². The maximum atomic E-state index is 12.7. The number of hydrogen-bond donors (Lipinski definition) is 2. The van der Waals surface area contributed by atoms with Crippen LogP contribution >= 0.6 is 11.6 Å². The van der Waals surface area contributed by atoms with Gasteiger partial charge in [0, 0.05) is 11.1 Å². The first-order chi connectivity index (χ1) is 15.1. The van der Waals surface area contributed by atoms with Crippen LogP contribution in [0.15, 0.2) is 46.1 Å². The van der Waals surface area contributed by atoms with E-state index >= 15 is 0 Å². The molecule has 11 nitrogen and oxygen atoms in total. The van der Waals surface area contributed by atoms with Crippen LogP contribution in [0.4, 0.5) is 11.6 Å². The number of nitrogens with one attached hydrogen (secondary N) is 1. The van der Waals surface area contributed by atoms with E-state index in [-0.39, 0.29) is 22.9 Å². The lowest BCUT2D eigenvalue weighted by Gasteiger charge is -2.21. The number of nitrogens with two attached hydrogens (primary N) is 1. The third kappa shape index (κ3) is 3.51. The maximum Gasteiger partial charge on any atom is 0.262 e. The number of fused-ring (bicyclic) bond motifs is 1. The SMILES string of the molecule is Nc1nc(NC(=O)c2conc2-c2cnoc2)cnc1-c1cc(Cl)cc2c1OCCO2. The Morgan fingerprint density at radius 3 is 2.77 bits per heavy atom. The van der Waals surface area contributed by atoms with E-state index in [1.54, 1.807) is 12.1 Å². The number of carbonyl (C=O) groups excluding carboxylic acids is 1. The molecule has 0 saturated carbocycles. The summed E-state index contributed by atoms with van der Waals surface area (Å²) in [5.74, 6) is 0.672. The van der Waals surface area contributed by atoms with E-state index in [0.717, 1.165) is 0 Å². The highest BCUT2D eigenvalue weighted by atomic mass is 35.5. The lowest BCUT2D eigenvalue weighted by Crippen LogP contribution is -2.17. The van der Waals surface area contributed by atoms with E-state index in [9.17, 15) is 4.79 Å². The van der Waals surface area contributed by atoms with Crippen molar-refractivity contribution in [2.24, 2.45) is 0 Å². The van der Waals surface area contributed by atoms with Crippen molar-refractivity contribution in [3.05, 3.63) is 47.6 Å². The molecule has 4 aromatic rings. The molecule has 3 aromatic heterocycles. The molecule has 0 radical (unpaired) electrons. The summed E-state index contributed by atoms with van der Waals surface area (Å²) in [6.07, 6.45) is 5.34. The number of aromatic nitrogens is 4. The molecule has 5 rings (SSSR count). The number of anilines is 2. The van der Waals surface area contributed by atoms with E-state index in [1.165, 1.54) is 24.9 Å². The minimum Gasteiger partial charge on any atom is -0.486 e. The first-order valence-electron chi connectivity index (χ1n) is 8.97. The van der Waals surface area contributed by atoms with Gasteiger partial charge < -0.3 is 29.6 Å². The molecule has 0 fully saturated rings. The second kappa shape index (κ2) is 7.61. The van der Waals surface area contributed by atoms with Crippen molar-refractivity contribution >= 4 is 29.1 Å². The van der Waals surface area contributed by atoms with Gasteiger partial charge in [0.05, 0.1) is 23.5 Å². The lowest BCUT2D eigenvalue weighted by atomic mass is 10.1. The van der Waals surface area contributed by atoms with Gasteiger partial charge >= 0.3 is 0 Å². The average Bonchev–Trinajstić information content (AvgIpc) is 3.45. The molecule has 31 heavy (non-hydrogen) atoms. The van der Waals surface area contributed by atoms with Crippen LogP contribution in [-0.4, -0.2) is 39.4 Å². The quantitative estimate of drug-likeness (QED) is 0.484. The molecule has 1 aliphatic heterocycles. The zero-order valence-corrected chi connectivity index (χ0v) is 16.4. The number of amides is 1. The predicted octanol–water partition coefficient (Wildman–Crippen LogP) is 3.05. The van der Waals surface area contributed by atoms with Crippen molar-refractivity contribution in [3.8, 4) is 34.0 Å². The van der Waals surface area contributed by atoms with Crippen LogP contribution in [-0.2, 0) is 0 Å². The Morgan fingerprint density at radius 1 is 1.10 bits per heavy atom. The number of ether oxygens (including phenoxy) is 2. The van der Waals surface area contributed by atoms with Gasteiger partial charge in [-0.2, -0.15) is 0 Å². The van der Waals surface area contributed by atoms with Crippen LogP contribution in [0.1, 0.15) is 10.4 Å². The molecular weight excluding hydrogens is 428 g/mol. The molecule has 0 aliphatic carbocycles. The Kier molecular flexibility index (Phi) is 4.64. The van der Waals surface area contributed by atoms with Crippen molar-refractivity contribution < 1.29 is 23.3 Å². The van der Waals surface area contributed by atoms with Crippen molar-refractivity contribution in [3.63, 3.8) is 0 Å². The zero-order valence-electron chi connectivity index (χ0n) is 15.7. The van der Waals surface area contributed by atoms with Gasteiger partial charge in [-0.05, 0) is 6.07 Å². The fraction of sp³-hybridized carbons (Fsp3) is 0.105. The molecule has 0 spiro atoms. The largest absolute Gasteiger partial charge is 0.486 e. The van der Waals surface area contributed by atoms with Gasteiger partial charge in [0.25, 0.3) is 5.91 Å². The Labute approximate surface area is 179 Å². The van der Waals surface area contributed by atoms with Crippen LogP contribution < -0.4 is 20.5 Å². The summed E-state index contributed by atoms with van der Waals surface area (Å²) in [6.45, 7) is 0.801. The van der Waals surface area contributed by atoms with Crippen LogP contribution in [0.3, 0.4) is 0 Å². The van der Waals surface area contributed by atoms with Gasteiger partial charge in [-0.1, -0.05) is 21.9 Å². The molecule has 1 aliphatic rings. The standard InChI is InChI=1S/C19H13ClN6O5/c20-10-3-11(17-13(4-10)28-1-2-29-17)16-18(21)24-14(6-22-16)25-19(27)12-8-31-26-15(12)9-5-23-30-7-9/h3-8H,1-2H2,(H3,21,24,25,27). The molecule has 1 aromatic carbocycles. The summed E-state index contributed by atoms with van der Waals surface area (Å²) < 4.78 is 21.0. The van der Waals surface area contributed by atoms with Crippen molar-refractivity contribution in [2.45, 2.75) is 0 Å². The molecule has 3 N–H and O–H groups in total. The van der Waals surface area contributed by atoms with Crippen LogP contribution in [0.25, 0.3) is 22.5 Å². The minimum absolute atomic E-state index is 0.0704. The summed E-state index contributed by atoms with van der Waals surface area (Å²) in [5.41, 5.74) is 7.95. The van der Waals surface area contributed by atoms with Crippen LogP contribution in [0, 0.1) is 0 Å². The molecule has 12 heteroatoms. The summed E-state index contributed by atoms with van der Waals surface area (Å²) >= 11 is 6.19. The molecular formula is C19H13ClN6O5. The van der Waals surface area contributed by atoms with Crippen LogP contribution in [0.5, 0.6) is 11.5 Å². The number of nitrogens with zero attached hydrogens (tertiary/aromatic N) is 4. The first-order valence-corrected chi connectivity index (χ1v) is 9.35. The van der Waals surface area contributed by atoms with Crippen molar-refractivity contribution in [1.29, 1.82) is 0 Å². The normalized spacial score (nSPS) is 12.5. The van der Waals surface area contributed by atoms with Gasteiger partial charge in [-0.3, -0.25) is 4.79 Å². The predicted molar refractivity (Wildman–Crippen MR) is 108 cm³/mol. The highest BCUT2D eigenvalue weighted by Gasteiger charge is 2.23. The van der Waals surface area contributed by atoms with E-state index < -0.39 is 5.91 Å². The summed E-state index contributed by atoms with van der Waals surface area (Å²) in [6, 6.07) is 3.32. The number of carbonyl (C=O) groups is 1. The van der Waals surface area contributed by atoms with Gasteiger partial charge in [-0.15, -0.1) is 0 Å². The number of benzene rings is 1. The first kappa shape index (κ1) is 18.9. The van der Waals surface area contributed by atoms with Gasteiger partial charge in [0.1, 0.15) is 42.7 Å². The lowest BCUT2D eigenvalue weighted by molar-refractivity contribution is 0.102. The molecule has 4 heterocycles. The monoisotopic (exact) mass is 440 g/mol. The number of rotatable bonds is 4. The molecule has 0 saturated heterocycles. The molecule has 1 amide bonds.